The zero-order valence-corrected chi connectivity index (χ0v) is 15.3. The lowest BCUT2D eigenvalue weighted by molar-refractivity contribution is -0.139. The van der Waals surface area contributed by atoms with Crippen molar-refractivity contribution in [1.29, 1.82) is 0 Å². The summed E-state index contributed by atoms with van der Waals surface area (Å²) in [7, 11) is 2.01. The first-order chi connectivity index (χ1) is 12.1. The van der Waals surface area contributed by atoms with E-state index in [1.807, 2.05) is 24.0 Å². The Bertz CT molecular complexity index is 621. The minimum atomic E-state index is 0.100. The highest BCUT2D eigenvalue weighted by Crippen LogP contribution is 2.56. The highest BCUT2D eigenvalue weighted by atomic mass is 16.2. The third kappa shape index (κ3) is 3.34. The van der Waals surface area contributed by atoms with Crippen LogP contribution in [0.3, 0.4) is 0 Å². The average molecular weight is 345 g/mol. The van der Waals surface area contributed by atoms with Crippen LogP contribution in [0.5, 0.6) is 0 Å². The molecule has 0 unspecified atom stereocenters. The van der Waals surface area contributed by atoms with E-state index in [0.717, 1.165) is 51.0 Å². The Hall–Kier alpha value is -1.40. The summed E-state index contributed by atoms with van der Waals surface area (Å²) in [6.45, 7) is 2.79. The number of nitrogens with one attached hydrogen (secondary N) is 1. The van der Waals surface area contributed by atoms with Gasteiger partial charge >= 0.3 is 0 Å². The lowest BCUT2D eigenvalue weighted by Gasteiger charge is -2.34. The predicted molar refractivity (Wildman–Crippen MR) is 96.6 cm³/mol. The van der Waals surface area contributed by atoms with Crippen LogP contribution in [0.15, 0.2) is 12.4 Å². The Balaban J connectivity index is 1.53. The second kappa shape index (κ2) is 6.72. The Morgan fingerprint density at radius 1 is 1.44 bits per heavy atom. The second-order valence-corrected chi connectivity index (χ2v) is 8.38. The van der Waals surface area contributed by atoms with E-state index in [4.69, 9.17) is 5.73 Å². The minimum Gasteiger partial charge on any atom is -0.337 e. The van der Waals surface area contributed by atoms with Crippen molar-refractivity contribution < 1.29 is 4.79 Å². The number of amides is 1. The molecule has 1 aromatic rings. The number of aromatic nitrogens is 2. The van der Waals surface area contributed by atoms with E-state index >= 15 is 0 Å². The molecule has 1 amide bonds. The molecule has 25 heavy (non-hydrogen) atoms. The maximum atomic E-state index is 13.4. The first-order valence-electron chi connectivity index (χ1n) is 9.82. The van der Waals surface area contributed by atoms with Crippen LogP contribution in [0.4, 0.5) is 0 Å². The van der Waals surface area contributed by atoms with Crippen LogP contribution in [-0.2, 0) is 18.4 Å². The van der Waals surface area contributed by atoms with Crippen molar-refractivity contribution in [3.05, 3.63) is 18.2 Å². The molecular formula is C19H31N5O. The number of carbonyl (C=O) groups excluding carboxylic acids is 1. The van der Waals surface area contributed by atoms with Crippen molar-refractivity contribution in [1.82, 2.24) is 19.8 Å². The largest absolute Gasteiger partial charge is 0.337 e. The van der Waals surface area contributed by atoms with E-state index in [0.29, 0.717) is 23.9 Å². The van der Waals surface area contributed by atoms with Crippen LogP contribution < -0.4 is 11.1 Å². The summed E-state index contributed by atoms with van der Waals surface area (Å²) in [6.07, 6.45) is 11.3. The molecule has 138 valence electrons. The summed E-state index contributed by atoms with van der Waals surface area (Å²) in [4.78, 5) is 20.0. The van der Waals surface area contributed by atoms with Crippen LogP contribution in [-0.4, -0.2) is 45.5 Å². The molecule has 3 atom stereocenters. The predicted octanol–water partition coefficient (Wildman–Crippen LogP) is 1.41. The number of hydrogen-bond acceptors (Lipinski definition) is 4. The Morgan fingerprint density at radius 3 is 2.92 bits per heavy atom. The molecule has 1 aliphatic heterocycles. The number of hydrogen-bond donors (Lipinski definition) is 2. The van der Waals surface area contributed by atoms with Crippen molar-refractivity contribution in [2.45, 2.75) is 63.6 Å². The highest BCUT2D eigenvalue weighted by molar-refractivity contribution is 5.80. The molecule has 0 radical (unpaired) electrons. The molecule has 0 bridgehead atoms. The van der Waals surface area contributed by atoms with Gasteiger partial charge in [0.2, 0.25) is 5.91 Å². The van der Waals surface area contributed by atoms with Gasteiger partial charge in [-0.1, -0.05) is 6.42 Å². The van der Waals surface area contributed by atoms with Crippen molar-refractivity contribution in [3.63, 3.8) is 0 Å². The van der Waals surface area contributed by atoms with Crippen molar-refractivity contribution in [3.8, 4) is 0 Å². The lowest BCUT2D eigenvalue weighted by atomic mass is 9.85. The van der Waals surface area contributed by atoms with Gasteiger partial charge in [0, 0.05) is 37.4 Å². The fourth-order valence-electron chi connectivity index (χ4n) is 4.96. The van der Waals surface area contributed by atoms with Crippen LogP contribution in [0.25, 0.3) is 0 Å². The van der Waals surface area contributed by atoms with E-state index in [1.165, 1.54) is 12.8 Å². The second-order valence-electron chi connectivity index (χ2n) is 8.38. The molecule has 0 aromatic carbocycles. The van der Waals surface area contributed by atoms with Gasteiger partial charge in [0.15, 0.2) is 0 Å². The molecule has 3 N–H and O–H groups in total. The van der Waals surface area contributed by atoms with E-state index in [-0.39, 0.29) is 12.0 Å². The molecule has 4 rings (SSSR count). The first kappa shape index (κ1) is 17.0. The highest BCUT2D eigenvalue weighted by Gasteiger charge is 2.58. The molecule has 1 aromatic heterocycles. The monoisotopic (exact) mass is 345 g/mol. The van der Waals surface area contributed by atoms with Crippen LogP contribution in [0.1, 0.15) is 50.8 Å². The van der Waals surface area contributed by atoms with E-state index in [1.54, 1.807) is 0 Å². The van der Waals surface area contributed by atoms with Crippen molar-refractivity contribution in [2.24, 2.45) is 24.1 Å². The van der Waals surface area contributed by atoms with Gasteiger partial charge in [0.25, 0.3) is 0 Å². The molecule has 3 fully saturated rings. The van der Waals surface area contributed by atoms with Gasteiger partial charge in [-0.25, -0.2) is 4.98 Å². The third-order valence-electron chi connectivity index (χ3n) is 6.70. The summed E-state index contributed by atoms with van der Waals surface area (Å²) < 4.78 is 2.03. The minimum absolute atomic E-state index is 0.100. The van der Waals surface area contributed by atoms with E-state index < -0.39 is 0 Å². The molecule has 1 saturated heterocycles. The molecule has 3 aliphatic rings. The average Bonchev–Trinajstić information content (AvgIpc) is 3.13. The summed E-state index contributed by atoms with van der Waals surface area (Å²) in [5.74, 6) is 1.39. The molecule has 6 heteroatoms. The maximum absolute atomic E-state index is 13.4. The van der Waals surface area contributed by atoms with Gasteiger partial charge in [-0.3, -0.25) is 4.79 Å². The van der Waals surface area contributed by atoms with Crippen LogP contribution in [0, 0.1) is 11.3 Å². The first-order valence-corrected chi connectivity index (χ1v) is 9.82. The Morgan fingerprint density at radius 2 is 2.24 bits per heavy atom. The number of carbonyl (C=O) groups is 1. The smallest absolute Gasteiger partial charge is 0.226 e. The Labute approximate surface area is 150 Å². The number of nitrogens with zero attached hydrogens (tertiary/aromatic N) is 3. The zero-order valence-electron chi connectivity index (χ0n) is 15.3. The van der Waals surface area contributed by atoms with Gasteiger partial charge in [0.1, 0.15) is 5.82 Å². The summed E-state index contributed by atoms with van der Waals surface area (Å²) in [6, 6.07) is 0.571. The number of rotatable bonds is 4. The molecular weight excluding hydrogens is 314 g/mol. The van der Waals surface area contributed by atoms with Gasteiger partial charge in [0.05, 0.1) is 6.54 Å². The fourth-order valence-corrected chi connectivity index (χ4v) is 4.96. The normalized spacial score (nSPS) is 31.0. The molecule has 2 heterocycles. The van der Waals surface area contributed by atoms with Crippen LogP contribution in [0.2, 0.25) is 0 Å². The Kier molecular flexibility index (Phi) is 4.58. The van der Waals surface area contributed by atoms with Crippen LogP contribution >= 0.6 is 0 Å². The number of aryl methyl sites for hydroxylation is 1. The topological polar surface area (TPSA) is 76.2 Å². The number of imidazole rings is 1. The summed E-state index contributed by atoms with van der Waals surface area (Å²) in [5, 5.41) is 3.46. The van der Waals surface area contributed by atoms with Gasteiger partial charge < -0.3 is 20.5 Å². The van der Waals surface area contributed by atoms with Gasteiger partial charge in [-0.05, 0) is 57.0 Å². The number of piperidine rings is 1. The molecule has 1 spiro atoms. The lowest BCUT2D eigenvalue weighted by Crippen LogP contribution is -2.44. The molecule has 2 aliphatic carbocycles. The third-order valence-corrected chi connectivity index (χ3v) is 6.70. The van der Waals surface area contributed by atoms with Gasteiger partial charge in [-0.2, -0.15) is 0 Å². The van der Waals surface area contributed by atoms with E-state index in [2.05, 4.69) is 15.2 Å². The van der Waals surface area contributed by atoms with Gasteiger partial charge in [-0.15, -0.1) is 0 Å². The zero-order chi connectivity index (χ0) is 17.4. The standard InChI is InChI=1S/C19H31N5O/c1-23-10-9-22-17(23)13-24(16-12-19(16)5-7-21-8-6-19)18(25)14-3-2-4-15(20)11-14/h9-10,14-16,21H,2-8,11-13,20H2,1H3/t14-,15-,16-/m1/s1. The summed E-state index contributed by atoms with van der Waals surface area (Å²) >= 11 is 0. The SMILES string of the molecule is Cn1ccnc1CN(C(=O)[C@@H]1CCC[C@@H](N)C1)[C@@H]1CC12CCNCC2. The quantitative estimate of drug-likeness (QED) is 0.865. The fraction of sp³-hybridized carbons (Fsp3) is 0.789. The van der Waals surface area contributed by atoms with Crippen molar-refractivity contribution >= 4 is 5.91 Å². The maximum Gasteiger partial charge on any atom is 0.226 e. The summed E-state index contributed by atoms with van der Waals surface area (Å²) in [5.41, 5.74) is 6.51. The molecule has 2 saturated carbocycles. The molecule has 6 nitrogen and oxygen atoms in total. The van der Waals surface area contributed by atoms with E-state index in [9.17, 15) is 4.79 Å². The van der Waals surface area contributed by atoms with Crippen molar-refractivity contribution in [2.75, 3.05) is 13.1 Å². The number of nitrogens with two attached hydrogens (primary N) is 1.